The summed E-state index contributed by atoms with van der Waals surface area (Å²) in [6.07, 6.45) is 6.49. The molecule has 28 heavy (non-hydrogen) atoms. The summed E-state index contributed by atoms with van der Waals surface area (Å²) >= 11 is 0. The van der Waals surface area contributed by atoms with Gasteiger partial charge in [-0.2, -0.15) is 0 Å². The monoisotopic (exact) mass is 374 g/mol. The van der Waals surface area contributed by atoms with Crippen LogP contribution in [-0.4, -0.2) is 58.9 Å². The Hall–Kier alpha value is -2.79. The second-order valence-corrected chi connectivity index (χ2v) is 7.79. The Morgan fingerprint density at radius 1 is 1.07 bits per heavy atom. The molecule has 1 amide bonds. The first kappa shape index (κ1) is 18.6. The van der Waals surface area contributed by atoms with E-state index in [1.165, 1.54) is 16.3 Å². The predicted octanol–water partition coefficient (Wildman–Crippen LogP) is 3.18. The van der Waals surface area contributed by atoms with Gasteiger partial charge in [0.25, 0.3) is 5.91 Å². The van der Waals surface area contributed by atoms with E-state index in [0.717, 1.165) is 38.3 Å². The first-order chi connectivity index (χ1) is 13.6. The zero-order chi connectivity index (χ0) is 19.5. The third kappa shape index (κ3) is 4.04. The molecule has 1 saturated heterocycles. The summed E-state index contributed by atoms with van der Waals surface area (Å²) in [6.45, 7) is 5.28. The van der Waals surface area contributed by atoms with Crippen molar-refractivity contribution in [3.8, 4) is 0 Å². The van der Waals surface area contributed by atoms with Gasteiger partial charge in [-0.25, -0.2) is 0 Å². The topological polar surface area (TPSA) is 49.3 Å². The number of rotatable bonds is 3. The Balaban J connectivity index is 1.56. The summed E-state index contributed by atoms with van der Waals surface area (Å²) < 4.78 is 0. The number of amides is 1. The molecule has 1 atom stereocenters. The molecule has 0 saturated carbocycles. The summed E-state index contributed by atoms with van der Waals surface area (Å²) in [5.41, 5.74) is 2.84. The summed E-state index contributed by atoms with van der Waals surface area (Å²) in [5.74, 6) is 0.436. The fraction of sp³-hybridized carbons (Fsp3) is 0.348. The predicted molar refractivity (Wildman–Crippen MR) is 111 cm³/mol. The van der Waals surface area contributed by atoms with Crippen LogP contribution in [0.2, 0.25) is 0 Å². The van der Waals surface area contributed by atoms with E-state index < -0.39 is 0 Å². The first-order valence-corrected chi connectivity index (χ1v) is 9.82. The molecule has 3 aromatic rings. The lowest BCUT2D eigenvalue weighted by atomic mass is 9.96. The lowest BCUT2D eigenvalue weighted by Gasteiger charge is -2.24. The number of fused-ring (bicyclic) bond motifs is 1. The highest BCUT2D eigenvalue weighted by molar-refractivity contribution is 5.94. The van der Waals surface area contributed by atoms with Gasteiger partial charge in [0, 0.05) is 55.8 Å². The molecule has 144 valence electrons. The SMILES string of the molecule is Cc1ccc(C(=O)N2CCN(C)C[C@H](Cc3cncc4ccccc34)C2)cn1. The second-order valence-electron chi connectivity index (χ2n) is 7.79. The van der Waals surface area contributed by atoms with Crippen LogP contribution in [0.1, 0.15) is 21.6 Å². The molecule has 4 rings (SSSR count). The van der Waals surface area contributed by atoms with Gasteiger partial charge in [-0.05, 0) is 49.4 Å². The summed E-state index contributed by atoms with van der Waals surface area (Å²) in [7, 11) is 2.13. The van der Waals surface area contributed by atoms with Gasteiger partial charge in [-0.3, -0.25) is 14.8 Å². The van der Waals surface area contributed by atoms with Gasteiger partial charge in [0.1, 0.15) is 0 Å². The molecule has 0 radical (unpaired) electrons. The maximum Gasteiger partial charge on any atom is 0.255 e. The van der Waals surface area contributed by atoms with Crippen LogP contribution in [0.3, 0.4) is 0 Å². The van der Waals surface area contributed by atoms with E-state index in [0.29, 0.717) is 11.5 Å². The average Bonchev–Trinajstić information content (AvgIpc) is 2.89. The minimum Gasteiger partial charge on any atom is -0.337 e. The molecule has 0 spiro atoms. The van der Waals surface area contributed by atoms with Gasteiger partial charge in [0.2, 0.25) is 0 Å². The number of pyridine rings is 2. The largest absolute Gasteiger partial charge is 0.337 e. The molecule has 0 N–H and O–H groups in total. The molecular weight excluding hydrogens is 348 g/mol. The Kier molecular flexibility index (Phi) is 5.35. The van der Waals surface area contributed by atoms with Crippen LogP contribution < -0.4 is 0 Å². The summed E-state index contributed by atoms with van der Waals surface area (Å²) in [6, 6.07) is 12.2. The van der Waals surface area contributed by atoms with Gasteiger partial charge >= 0.3 is 0 Å². The number of carbonyl (C=O) groups excluding carboxylic acids is 1. The average molecular weight is 374 g/mol. The van der Waals surface area contributed by atoms with E-state index in [2.05, 4.69) is 40.1 Å². The quantitative estimate of drug-likeness (QED) is 0.706. The maximum absolute atomic E-state index is 13.0. The standard InChI is InChI=1S/C23H26N4O/c1-17-7-8-20(14-25-17)23(28)27-10-9-26(2)15-18(16-27)11-21-13-24-12-19-5-3-4-6-22(19)21/h3-8,12-14,18H,9-11,15-16H2,1-2H3/t18-/m0/s1. The Morgan fingerprint density at radius 2 is 1.93 bits per heavy atom. The molecule has 0 bridgehead atoms. The number of carbonyl (C=O) groups is 1. The van der Waals surface area contributed by atoms with Crippen LogP contribution in [0.25, 0.3) is 10.8 Å². The molecule has 2 aromatic heterocycles. The number of hydrogen-bond donors (Lipinski definition) is 0. The number of aryl methyl sites for hydroxylation is 1. The Morgan fingerprint density at radius 3 is 2.75 bits per heavy atom. The molecule has 5 heteroatoms. The van der Waals surface area contributed by atoms with Gasteiger partial charge < -0.3 is 9.80 Å². The summed E-state index contributed by atoms with van der Waals surface area (Å²) in [4.78, 5) is 26.1. The number of hydrogen-bond acceptors (Lipinski definition) is 4. The first-order valence-electron chi connectivity index (χ1n) is 9.82. The van der Waals surface area contributed by atoms with E-state index in [1.54, 1.807) is 6.20 Å². The van der Waals surface area contributed by atoms with Crippen molar-refractivity contribution in [2.45, 2.75) is 13.3 Å². The Labute approximate surface area is 166 Å². The number of aromatic nitrogens is 2. The minimum atomic E-state index is 0.0730. The molecule has 0 unspecified atom stereocenters. The normalized spacial score (nSPS) is 18.2. The molecular formula is C23H26N4O. The van der Waals surface area contributed by atoms with Crippen LogP contribution in [0.4, 0.5) is 0 Å². The van der Waals surface area contributed by atoms with Crippen molar-refractivity contribution in [2.75, 3.05) is 33.2 Å². The van der Waals surface area contributed by atoms with Crippen molar-refractivity contribution in [2.24, 2.45) is 5.92 Å². The van der Waals surface area contributed by atoms with Crippen molar-refractivity contribution in [1.82, 2.24) is 19.8 Å². The Bertz CT molecular complexity index is 965. The molecule has 0 aliphatic carbocycles. The number of benzene rings is 1. The van der Waals surface area contributed by atoms with E-state index in [9.17, 15) is 4.79 Å². The molecule has 1 aliphatic heterocycles. The maximum atomic E-state index is 13.0. The second kappa shape index (κ2) is 8.07. The van der Waals surface area contributed by atoms with E-state index in [-0.39, 0.29) is 5.91 Å². The van der Waals surface area contributed by atoms with Gasteiger partial charge in [0.15, 0.2) is 0 Å². The molecule has 1 aliphatic rings. The van der Waals surface area contributed by atoms with E-state index in [1.807, 2.05) is 42.4 Å². The third-order valence-electron chi connectivity index (χ3n) is 5.50. The lowest BCUT2D eigenvalue weighted by molar-refractivity contribution is 0.0746. The fourth-order valence-electron chi connectivity index (χ4n) is 4.03. The summed E-state index contributed by atoms with van der Waals surface area (Å²) in [5, 5.41) is 2.42. The van der Waals surface area contributed by atoms with Crippen molar-refractivity contribution in [3.63, 3.8) is 0 Å². The van der Waals surface area contributed by atoms with E-state index >= 15 is 0 Å². The highest BCUT2D eigenvalue weighted by atomic mass is 16.2. The van der Waals surface area contributed by atoms with Gasteiger partial charge in [0.05, 0.1) is 5.56 Å². The smallest absolute Gasteiger partial charge is 0.255 e. The lowest BCUT2D eigenvalue weighted by Crippen LogP contribution is -2.36. The van der Waals surface area contributed by atoms with Crippen LogP contribution in [-0.2, 0) is 6.42 Å². The van der Waals surface area contributed by atoms with Crippen LogP contribution in [0.15, 0.2) is 55.0 Å². The zero-order valence-corrected chi connectivity index (χ0v) is 16.5. The van der Waals surface area contributed by atoms with Crippen LogP contribution >= 0.6 is 0 Å². The number of nitrogens with zero attached hydrogens (tertiary/aromatic N) is 4. The molecule has 1 aromatic carbocycles. The van der Waals surface area contributed by atoms with Crippen molar-refractivity contribution >= 4 is 16.7 Å². The highest BCUT2D eigenvalue weighted by Gasteiger charge is 2.25. The molecule has 5 nitrogen and oxygen atoms in total. The van der Waals surface area contributed by atoms with Crippen molar-refractivity contribution in [1.29, 1.82) is 0 Å². The van der Waals surface area contributed by atoms with Crippen molar-refractivity contribution in [3.05, 3.63) is 71.8 Å². The number of likely N-dealkylation sites (N-methyl/N-ethyl adjacent to an activating group) is 1. The molecule has 1 fully saturated rings. The van der Waals surface area contributed by atoms with Gasteiger partial charge in [-0.1, -0.05) is 24.3 Å². The fourth-order valence-corrected chi connectivity index (χ4v) is 4.03. The molecule has 3 heterocycles. The highest BCUT2D eigenvalue weighted by Crippen LogP contribution is 2.22. The van der Waals surface area contributed by atoms with Crippen LogP contribution in [0, 0.1) is 12.8 Å². The van der Waals surface area contributed by atoms with Crippen LogP contribution in [0.5, 0.6) is 0 Å². The van der Waals surface area contributed by atoms with Crippen molar-refractivity contribution < 1.29 is 4.79 Å². The minimum absolute atomic E-state index is 0.0730. The van der Waals surface area contributed by atoms with Gasteiger partial charge in [-0.15, -0.1) is 0 Å². The third-order valence-corrected chi connectivity index (χ3v) is 5.50. The zero-order valence-electron chi connectivity index (χ0n) is 16.5. The van der Waals surface area contributed by atoms with E-state index in [4.69, 9.17) is 0 Å².